The fraction of sp³-hybridized carbons (Fsp3) is 1.00. The lowest BCUT2D eigenvalue weighted by atomic mass is 9.86. The lowest BCUT2D eigenvalue weighted by Crippen LogP contribution is -2.53. The van der Waals surface area contributed by atoms with Gasteiger partial charge < -0.3 is 20.0 Å². The summed E-state index contributed by atoms with van der Waals surface area (Å²) in [7, 11) is 9.07. The van der Waals surface area contributed by atoms with Gasteiger partial charge in [-0.05, 0) is 59.9 Å². The number of hydrogen-bond donors (Lipinski definition) is 1. The maximum absolute atomic E-state index is 3.55. The molecule has 4 nitrogen and oxygen atoms in total. The molecule has 0 aromatic heterocycles. The van der Waals surface area contributed by atoms with Crippen LogP contribution in [0, 0.1) is 5.92 Å². The molecule has 0 aromatic rings. The molecule has 0 radical (unpaired) electrons. The summed E-state index contributed by atoms with van der Waals surface area (Å²) in [6.45, 7) is 6.04. The average molecular weight is 268 g/mol. The van der Waals surface area contributed by atoms with Crippen molar-refractivity contribution in [3.63, 3.8) is 0 Å². The van der Waals surface area contributed by atoms with Crippen molar-refractivity contribution in [2.45, 2.75) is 31.3 Å². The van der Waals surface area contributed by atoms with Crippen molar-refractivity contribution in [3.05, 3.63) is 0 Å². The first-order chi connectivity index (χ1) is 9.08. The Balaban J connectivity index is 1.95. The Morgan fingerprint density at radius 3 is 2.68 bits per heavy atom. The maximum atomic E-state index is 3.55. The van der Waals surface area contributed by atoms with E-state index in [1.165, 1.54) is 38.9 Å². The molecule has 2 rings (SSSR count). The molecule has 112 valence electrons. The van der Waals surface area contributed by atoms with Gasteiger partial charge in [-0.3, -0.25) is 0 Å². The van der Waals surface area contributed by atoms with Gasteiger partial charge in [0.15, 0.2) is 0 Å². The normalized spacial score (nSPS) is 32.7. The van der Waals surface area contributed by atoms with Crippen LogP contribution in [0.25, 0.3) is 0 Å². The summed E-state index contributed by atoms with van der Waals surface area (Å²) < 4.78 is 0. The molecule has 3 unspecified atom stereocenters. The zero-order chi connectivity index (χ0) is 13.8. The summed E-state index contributed by atoms with van der Waals surface area (Å²) in [6, 6.07) is 1.42. The van der Waals surface area contributed by atoms with E-state index in [0.717, 1.165) is 25.0 Å². The molecule has 4 heteroatoms. The maximum Gasteiger partial charge on any atom is 0.0233 e. The van der Waals surface area contributed by atoms with E-state index in [1.807, 2.05) is 0 Å². The third kappa shape index (κ3) is 4.15. The van der Waals surface area contributed by atoms with Gasteiger partial charge in [0.25, 0.3) is 0 Å². The molecule has 2 saturated heterocycles. The van der Waals surface area contributed by atoms with Crippen LogP contribution in [0.4, 0.5) is 0 Å². The minimum Gasteiger partial charge on any atom is -0.314 e. The van der Waals surface area contributed by atoms with Crippen LogP contribution in [0.2, 0.25) is 0 Å². The van der Waals surface area contributed by atoms with Crippen molar-refractivity contribution in [1.82, 2.24) is 20.0 Å². The quantitative estimate of drug-likeness (QED) is 0.804. The molecular formula is C15H32N4. The number of rotatable bonds is 4. The van der Waals surface area contributed by atoms with Crippen molar-refractivity contribution in [1.29, 1.82) is 0 Å². The number of nitrogens with zero attached hydrogens (tertiary/aromatic N) is 3. The van der Waals surface area contributed by atoms with Crippen molar-refractivity contribution < 1.29 is 0 Å². The number of nitrogens with one attached hydrogen (secondary N) is 1. The Morgan fingerprint density at radius 2 is 2.05 bits per heavy atom. The Morgan fingerprint density at radius 1 is 1.26 bits per heavy atom. The van der Waals surface area contributed by atoms with Crippen LogP contribution in [0.1, 0.15) is 19.3 Å². The minimum atomic E-state index is 0.702. The second-order valence-corrected chi connectivity index (χ2v) is 6.77. The lowest BCUT2D eigenvalue weighted by Gasteiger charge is -2.42. The highest BCUT2D eigenvalue weighted by Crippen LogP contribution is 2.25. The largest absolute Gasteiger partial charge is 0.314 e. The second kappa shape index (κ2) is 7.02. The Labute approximate surface area is 119 Å². The third-order valence-corrected chi connectivity index (χ3v) is 5.03. The van der Waals surface area contributed by atoms with Crippen LogP contribution in [0.3, 0.4) is 0 Å². The molecule has 0 aromatic carbocycles. The van der Waals surface area contributed by atoms with Gasteiger partial charge in [0, 0.05) is 38.3 Å². The lowest BCUT2D eigenvalue weighted by molar-refractivity contribution is 0.0830. The van der Waals surface area contributed by atoms with Gasteiger partial charge in [-0.15, -0.1) is 0 Å². The molecule has 2 aliphatic rings. The highest BCUT2D eigenvalue weighted by molar-refractivity contribution is 4.88. The highest BCUT2D eigenvalue weighted by atomic mass is 15.2. The van der Waals surface area contributed by atoms with Gasteiger partial charge >= 0.3 is 0 Å². The van der Waals surface area contributed by atoms with Crippen molar-refractivity contribution in [3.8, 4) is 0 Å². The van der Waals surface area contributed by atoms with Crippen molar-refractivity contribution >= 4 is 0 Å². The molecule has 0 bridgehead atoms. The molecule has 1 N–H and O–H groups in total. The van der Waals surface area contributed by atoms with Crippen LogP contribution < -0.4 is 5.32 Å². The second-order valence-electron chi connectivity index (χ2n) is 6.77. The first-order valence-corrected chi connectivity index (χ1v) is 7.84. The molecule has 0 spiro atoms. The molecule has 0 amide bonds. The summed E-state index contributed by atoms with van der Waals surface area (Å²) in [5, 5.41) is 3.55. The predicted molar refractivity (Wildman–Crippen MR) is 81.6 cm³/mol. The van der Waals surface area contributed by atoms with E-state index in [0.29, 0.717) is 6.04 Å². The van der Waals surface area contributed by atoms with Crippen LogP contribution in [-0.2, 0) is 0 Å². The van der Waals surface area contributed by atoms with Crippen LogP contribution in [0.5, 0.6) is 0 Å². The van der Waals surface area contributed by atoms with Crippen molar-refractivity contribution in [2.75, 3.05) is 60.9 Å². The minimum absolute atomic E-state index is 0.702. The van der Waals surface area contributed by atoms with Crippen LogP contribution >= 0.6 is 0 Å². The Hall–Kier alpha value is -0.160. The van der Waals surface area contributed by atoms with Gasteiger partial charge in [-0.25, -0.2) is 0 Å². The number of hydrogen-bond acceptors (Lipinski definition) is 4. The molecule has 19 heavy (non-hydrogen) atoms. The van der Waals surface area contributed by atoms with E-state index in [2.05, 4.69) is 48.2 Å². The summed E-state index contributed by atoms with van der Waals surface area (Å²) in [5.74, 6) is 0.837. The van der Waals surface area contributed by atoms with E-state index >= 15 is 0 Å². The topological polar surface area (TPSA) is 21.8 Å². The van der Waals surface area contributed by atoms with E-state index in [-0.39, 0.29) is 0 Å². The van der Waals surface area contributed by atoms with E-state index in [1.54, 1.807) is 0 Å². The monoisotopic (exact) mass is 268 g/mol. The van der Waals surface area contributed by atoms with Gasteiger partial charge in [-0.2, -0.15) is 0 Å². The van der Waals surface area contributed by atoms with Crippen LogP contribution in [-0.4, -0.2) is 87.7 Å². The first-order valence-electron chi connectivity index (χ1n) is 7.84. The van der Waals surface area contributed by atoms with E-state index < -0.39 is 0 Å². The average Bonchev–Trinajstić information content (AvgIpc) is 2.37. The number of likely N-dealkylation sites (tertiary alicyclic amines) is 1. The predicted octanol–water partition coefficient (Wildman–Crippen LogP) is 0.552. The summed E-state index contributed by atoms with van der Waals surface area (Å²) >= 11 is 0. The van der Waals surface area contributed by atoms with E-state index in [4.69, 9.17) is 0 Å². The fourth-order valence-corrected chi connectivity index (χ4v) is 3.75. The Kier molecular flexibility index (Phi) is 5.63. The van der Waals surface area contributed by atoms with Gasteiger partial charge in [0.2, 0.25) is 0 Å². The molecule has 2 fully saturated rings. The smallest absolute Gasteiger partial charge is 0.0233 e. The SMILES string of the molecule is CN1CCCC(C(CC2CNCCN2C)N(C)C)C1. The zero-order valence-corrected chi connectivity index (χ0v) is 13.2. The number of piperazine rings is 1. The third-order valence-electron chi connectivity index (χ3n) is 5.03. The van der Waals surface area contributed by atoms with Gasteiger partial charge in [0.05, 0.1) is 0 Å². The van der Waals surface area contributed by atoms with Crippen molar-refractivity contribution in [2.24, 2.45) is 5.92 Å². The summed E-state index contributed by atoms with van der Waals surface area (Å²) in [5.41, 5.74) is 0. The molecule has 2 aliphatic heterocycles. The molecular weight excluding hydrogens is 236 g/mol. The summed E-state index contributed by atoms with van der Waals surface area (Å²) in [4.78, 5) is 7.51. The number of piperidine rings is 1. The van der Waals surface area contributed by atoms with E-state index in [9.17, 15) is 0 Å². The fourth-order valence-electron chi connectivity index (χ4n) is 3.75. The van der Waals surface area contributed by atoms with Gasteiger partial charge in [-0.1, -0.05) is 0 Å². The standard InChI is InChI=1S/C15H32N4/c1-17(2)15(13-6-5-8-18(3)12-13)10-14-11-16-7-9-19(14)4/h13-16H,5-12H2,1-4H3. The summed E-state index contributed by atoms with van der Waals surface area (Å²) in [6.07, 6.45) is 4.07. The van der Waals surface area contributed by atoms with Gasteiger partial charge in [0.1, 0.15) is 0 Å². The first kappa shape index (κ1) is 15.2. The molecule has 3 atom stereocenters. The zero-order valence-electron chi connectivity index (χ0n) is 13.2. The number of likely N-dealkylation sites (N-methyl/N-ethyl adjacent to an activating group) is 1. The molecule has 0 aliphatic carbocycles. The van der Waals surface area contributed by atoms with Crippen LogP contribution in [0.15, 0.2) is 0 Å². The molecule has 2 heterocycles. The Bertz CT molecular complexity index is 269. The highest BCUT2D eigenvalue weighted by Gasteiger charge is 2.31. The molecule has 0 saturated carbocycles.